The molecule has 2 saturated heterocycles. The largest absolute Gasteiger partial charge is 0.593 e. The van der Waals surface area contributed by atoms with E-state index in [1.165, 1.54) is 24.0 Å². The summed E-state index contributed by atoms with van der Waals surface area (Å²) in [5.41, 5.74) is 4.01. The van der Waals surface area contributed by atoms with Gasteiger partial charge in [0.2, 0.25) is 0 Å². The Morgan fingerprint density at radius 3 is 2.52 bits per heavy atom. The third-order valence-corrected chi connectivity index (χ3v) is 14.6. The molecule has 3 fully saturated rings. The summed E-state index contributed by atoms with van der Waals surface area (Å²) < 4.78 is 35.6. The minimum absolute atomic E-state index is 0.164. The number of benzene rings is 2. The quantitative estimate of drug-likeness (QED) is 0.329. The van der Waals surface area contributed by atoms with Gasteiger partial charge in [0.1, 0.15) is 11.0 Å². The van der Waals surface area contributed by atoms with Crippen LogP contribution in [0.25, 0.3) is 0 Å². The van der Waals surface area contributed by atoms with Crippen LogP contribution in [-0.4, -0.2) is 109 Å². The molecule has 2 bridgehead atoms. The summed E-state index contributed by atoms with van der Waals surface area (Å²) in [6, 6.07) is 15.2. The van der Waals surface area contributed by atoms with Crippen LogP contribution in [-0.2, 0) is 27.3 Å². The number of rotatable bonds is 8. The van der Waals surface area contributed by atoms with Gasteiger partial charge in [-0.3, -0.25) is 14.6 Å². The molecule has 7 unspecified atom stereocenters. The zero-order chi connectivity index (χ0) is 36.2. The van der Waals surface area contributed by atoms with Gasteiger partial charge in [-0.2, -0.15) is 4.72 Å². The van der Waals surface area contributed by atoms with E-state index >= 15 is 0 Å². The Kier molecular flexibility index (Phi) is 12.4. The van der Waals surface area contributed by atoms with Crippen LogP contribution in [0.5, 0.6) is 5.75 Å². The van der Waals surface area contributed by atoms with E-state index in [4.69, 9.17) is 14.2 Å². The fraction of sp³-hybridized carbons (Fsp3) is 0.690. The molecule has 10 heteroatoms. The molecule has 0 aromatic heterocycles. The first kappa shape index (κ1) is 38.0. The van der Waals surface area contributed by atoms with Crippen LogP contribution < -0.4 is 14.4 Å². The number of carbonyl (C=O) groups excluding carboxylic acids is 1. The van der Waals surface area contributed by atoms with Gasteiger partial charge in [-0.15, -0.1) is 0 Å². The molecule has 7 atom stereocenters. The number of fused-ring (bicyclic) bond motifs is 2. The first-order valence-corrected chi connectivity index (χ1v) is 21.5. The van der Waals surface area contributed by atoms with Crippen molar-refractivity contribution in [2.24, 2.45) is 17.8 Å². The van der Waals surface area contributed by atoms with Crippen molar-refractivity contribution in [3.63, 3.8) is 0 Å². The van der Waals surface area contributed by atoms with E-state index in [0.29, 0.717) is 36.7 Å². The number of hydrogen-bond donors (Lipinski definition) is 1. The number of hydrogen-bond acceptors (Lipinski definition) is 8. The lowest BCUT2D eigenvalue weighted by Gasteiger charge is -2.54. The number of nitrogens with zero attached hydrogens (tertiary/aromatic N) is 3. The molecule has 5 aliphatic rings. The van der Waals surface area contributed by atoms with Gasteiger partial charge < -0.3 is 23.7 Å². The van der Waals surface area contributed by atoms with Crippen molar-refractivity contribution in [1.29, 1.82) is 0 Å². The monoisotopic (exact) mass is 734 g/mol. The van der Waals surface area contributed by atoms with Gasteiger partial charge in [-0.25, -0.2) is 0 Å². The first-order valence-electron chi connectivity index (χ1n) is 20.3. The molecule has 1 N–H and O–H groups in total. The van der Waals surface area contributed by atoms with E-state index in [-0.39, 0.29) is 28.6 Å². The normalized spacial score (nSPS) is 32.5. The predicted octanol–water partition coefficient (Wildman–Crippen LogP) is 6.04. The Bertz CT molecular complexity index is 1500. The van der Waals surface area contributed by atoms with Crippen LogP contribution in [0.4, 0.5) is 5.69 Å². The fourth-order valence-electron chi connectivity index (χ4n) is 9.59. The molecule has 0 spiro atoms. The third-order valence-electron chi connectivity index (χ3n) is 13.1. The molecule has 1 saturated carbocycles. The van der Waals surface area contributed by atoms with Gasteiger partial charge in [0, 0.05) is 69.8 Å². The van der Waals surface area contributed by atoms with Crippen molar-refractivity contribution in [2.45, 2.75) is 95.5 Å². The molecule has 286 valence electrons. The molecule has 4 aliphatic heterocycles. The summed E-state index contributed by atoms with van der Waals surface area (Å²) >= 11 is -1.50. The van der Waals surface area contributed by atoms with E-state index in [1.54, 1.807) is 0 Å². The second kappa shape index (κ2) is 17.0. The van der Waals surface area contributed by atoms with Crippen LogP contribution >= 0.6 is 0 Å². The van der Waals surface area contributed by atoms with E-state index in [2.05, 4.69) is 64.5 Å². The minimum Gasteiger partial charge on any atom is -0.593 e. The summed E-state index contributed by atoms with van der Waals surface area (Å²) in [5, 5.41) is -0.164. The zero-order valence-electron chi connectivity index (χ0n) is 32.0. The van der Waals surface area contributed by atoms with Crippen LogP contribution in [0.2, 0.25) is 0 Å². The van der Waals surface area contributed by atoms with Crippen molar-refractivity contribution in [2.75, 3.05) is 77.1 Å². The molecule has 7 rings (SSSR count). The maximum absolute atomic E-state index is 13.6. The van der Waals surface area contributed by atoms with Crippen LogP contribution in [0.1, 0.15) is 93.6 Å². The average molecular weight is 735 g/mol. The summed E-state index contributed by atoms with van der Waals surface area (Å²) in [6.07, 6.45) is 7.43. The SMILES string of the molecule is CCCc1ccccc1C1COc2ccc3cc2N(C1)CC1CCC1C(CN1CCN(C2COC2)CC1)(OCC)CCCC(C)C(C)[S+]([O-])NC3=O. The minimum atomic E-state index is -1.50. The standard InChI is InChI=1S/C42H62N4O5S/c1-5-10-32-12-7-8-13-37(32)35-25-46-24-34-14-16-38(34)42(51-6-2,29-44-19-21-45(22-20-44)36-27-49-28-36)18-9-11-30(3)31(4)52(48)43-41(47)33-15-17-40(50-26-35)39(46)23-33/h7-8,12-13,15,17,23,30-31,34-36,38H,5-6,9-11,14,16,18-22,24-29H2,1-4H3,(H,43,47). The van der Waals surface area contributed by atoms with Gasteiger partial charge in [0.05, 0.1) is 48.5 Å². The van der Waals surface area contributed by atoms with E-state index < -0.39 is 11.4 Å². The Morgan fingerprint density at radius 2 is 1.81 bits per heavy atom. The van der Waals surface area contributed by atoms with Gasteiger partial charge in [-0.05, 0) is 87.1 Å². The number of piperazine rings is 1. The van der Waals surface area contributed by atoms with Crippen molar-refractivity contribution >= 4 is 23.0 Å². The van der Waals surface area contributed by atoms with Crippen LogP contribution in [0.15, 0.2) is 42.5 Å². The number of ether oxygens (including phenoxy) is 3. The molecule has 2 aromatic rings. The van der Waals surface area contributed by atoms with Gasteiger partial charge in [0.25, 0.3) is 5.91 Å². The van der Waals surface area contributed by atoms with Gasteiger partial charge in [-0.1, -0.05) is 51.0 Å². The number of nitrogens with one attached hydrogen (secondary N) is 1. The maximum Gasteiger partial charge on any atom is 0.292 e. The van der Waals surface area contributed by atoms with E-state index in [0.717, 1.165) is 103 Å². The highest BCUT2D eigenvalue weighted by atomic mass is 32.2. The maximum atomic E-state index is 13.6. The lowest BCUT2D eigenvalue weighted by Crippen LogP contribution is -2.61. The number of amides is 1. The zero-order valence-corrected chi connectivity index (χ0v) is 32.8. The van der Waals surface area contributed by atoms with Gasteiger partial charge >= 0.3 is 0 Å². The van der Waals surface area contributed by atoms with Crippen molar-refractivity contribution < 1.29 is 23.6 Å². The summed E-state index contributed by atoms with van der Waals surface area (Å²) in [6.45, 7) is 18.6. The molecular weight excluding hydrogens is 673 g/mol. The van der Waals surface area contributed by atoms with E-state index in [1.807, 2.05) is 25.1 Å². The third kappa shape index (κ3) is 8.18. The summed E-state index contributed by atoms with van der Waals surface area (Å²) in [7, 11) is 0. The average Bonchev–Trinajstić information content (AvgIpc) is 3.29. The van der Waals surface area contributed by atoms with Crippen LogP contribution in [0.3, 0.4) is 0 Å². The molecular formula is C42H62N4O5S. The van der Waals surface area contributed by atoms with Gasteiger partial charge in [0.15, 0.2) is 0 Å². The molecule has 9 nitrogen and oxygen atoms in total. The Hall–Kier alpha value is -2.34. The van der Waals surface area contributed by atoms with Crippen molar-refractivity contribution in [3.8, 4) is 5.75 Å². The summed E-state index contributed by atoms with van der Waals surface area (Å²) in [4.78, 5) is 21.4. The Labute approximate surface area is 315 Å². The highest BCUT2D eigenvalue weighted by Gasteiger charge is 2.50. The van der Waals surface area contributed by atoms with Crippen LogP contribution in [0, 0.1) is 17.8 Å². The number of carbonyl (C=O) groups is 1. The second-order valence-corrected chi connectivity index (χ2v) is 17.8. The number of anilines is 1. The highest BCUT2D eigenvalue weighted by molar-refractivity contribution is 7.90. The Balaban J connectivity index is 1.22. The molecule has 52 heavy (non-hydrogen) atoms. The smallest absolute Gasteiger partial charge is 0.292 e. The van der Waals surface area contributed by atoms with Crippen molar-refractivity contribution in [3.05, 3.63) is 59.2 Å². The molecule has 4 heterocycles. The molecule has 1 amide bonds. The molecule has 1 aliphatic carbocycles. The van der Waals surface area contributed by atoms with E-state index in [9.17, 15) is 9.35 Å². The second-order valence-electron chi connectivity index (χ2n) is 16.3. The van der Waals surface area contributed by atoms with Crippen molar-refractivity contribution in [1.82, 2.24) is 14.5 Å². The lowest BCUT2D eigenvalue weighted by molar-refractivity contribution is -0.151. The first-order chi connectivity index (χ1) is 25.3. The number of aryl methyl sites for hydroxylation is 1. The Morgan fingerprint density at radius 1 is 1.00 bits per heavy atom. The topological polar surface area (TPSA) is 89.6 Å². The highest BCUT2D eigenvalue weighted by Crippen LogP contribution is 2.49. The fourth-order valence-corrected chi connectivity index (χ4v) is 10.6. The summed E-state index contributed by atoms with van der Waals surface area (Å²) in [5.74, 6) is 1.82. The lowest BCUT2D eigenvalue weighted by atomic mass is 9.62. The molecule has 0 radical (unpaired) electrons. The predicted molar refractivity (Wildman–Crippen MR) is 209 cm³/mol. The molecule has 2 aromatic carbocycles.